The molecular formula is C24H28N4O7S3. The number of fused-ring (bicyclic) bond motifs is 1. The average Bonchev–Trinajstić information content (AvgIpc) is 3.18. The van der Waals surface area contributed by atoms with E-state index >= 15 is 0 Å². The SMILES string of the molecule is COC(=O)Cn1c(=NC(=O)c2ccc(S(=O)(=O)N3C[C@H](C)C[C@@H](C)C3)cc2)sc2cc(S(N)(=O)=O)ccc21. The van der Waals surface area contributed by atoms with Gasteiger partial charge in [0.2, 0.25) is 20.0 Å². The number of rotatable bonds is 6. The molecule has 2 N–H and O–H groups in total. The van der Waals surface area contributed by atoms with Crippen LogP contribution >= 0.6 is 11.3 Å². The maximum atomic E-state index is 13.1. The van der Waals surface area contributed by atoms with Crippen molar-refractivity contribution < 1.29 is 31.2 Å². The quantitative estimate of drug-likeness (QED) is 0.436. The molecule has 1 aliphatic rings. The molecule has 0 unspecified atom stereocenters. The van der Waals surface area contributed by atoms with Crippen molar-refractivity contribution in [1.29, 1.82) is 0 Å². The highest BCUT2D eigenvalue weighted by Crippen LogP contribution is 2.27. The summed E-state index contributed by atoms with van der Waals surface area (Å²) < 4.78 is 57.9. The van der Waals surface area contributed by atoms with Crippen molar-refractivity contribution in [2.75, 3.05) is 20.2 Å². The van der Waals surface area contributed by atoms with Crippen LogP contribution in [0.25, 0.3) is 10.2 Å². The molecule has 1 fully saturated rings. The van der Waals surface area contributed by atoms with Gasteiger partial charge < -0.3 is 9.30 Å². The summed E-state index contributed by atoms with van der Waals surface area (Å²) in [5, 5.41) is 5.23. The van der Waals surface area contributed by atoms with Gasteiger partial charge in [-0.1, -0.05) is 25.2 Å². The Balaban J connectivity index is 1.69. The van der Waals surface area contributed by atoms with E-state index < -0.39 is 31.9 Å². The zero-order valence-electron chi connectivity index (χ0n) is 21.0. The molecule has 1 aromatic heterocycles. The van der Waals surface area contributed by atoms with Crippen LogP contribution in [0.3, 0.4) is 0 Å². The van der Waals surface area contributed by atoms with Gasteiger partial charge in [0.05, 0.1) is 27.1 Å². The Morgan fingerprint density at radius 1 is 1.03 bits per heavy atom. The molecule has 3 aromatic rings. The molecule has 2 heterocycles. The molecule has 4 rings (SSSR count). The van der Waals surface area contributed by atoms with E-state index in [1.807, 2.05) is 13.8 Å². The summed E-state index contributed by atoms with van der Waals surface area (Å²) in [6.45, 7) is 4.68. The van der Waals surface area contributed by atoms with Crippen molar-refractivity contribution in [3.05, 3.63) is 52.8 Å². The third-order valence-electron chi connectivity index (χ3n) is 6.27. The molecule has 0 saturated carbocycles. The fraction of sp³-hybridized carbons (Fsp3) is 0.375. The topological polar surface area (TPSA) is 158 Å². The van der Waals surface area contributed by atoms with E-state index in [2.05, 4.69) is 4.99 Å². The number of nitrogens with two attached hydrogens (primary N) is 1. The lowest BCUT2D eigenvalue weighted by atomic mass is 9.94. The van der Waals surface area contributed by atoms with Gasteiger partial charge in [0.25, 0.3) is 5.91 Å². The molecule has 1 amide bonds. The molecule has 204 valence electrons. The predicted octanol–water partition coefficient (Wildman–Crippen LogP) is 1.93. The Labute approximate surface area is 224 Å². The van der Waals surface area contributed by atoms with Crippen LogP contribution < -0.4 is 9.94 Å². The van der Waals surface area contributed by atoms with E-state index in [1.165, 1.54) is 58.4 Å². The smallest absolute Gasteiger partial charge is 0.325 e. The number of carbonyl (C=O) groups excluding carboxylic acids is 2. The number of piperidine rings is 1. The monoisotopic (exact) mass is 580 g/mol. The molecule has 0 radical (unpaired) electrons. The second-order valence-electron chi connectivity index (χ2n) is 9.43. The molecule has 1 aliphatic heterocycles. The van der Waals surface area contributed by atoms with Crippen LogP contribution in [0.15, 0.2) is 57.2 Å². The highest BCUT2D eigenvalue weighted by Gasteiger charge is 2.31. The summed E-state index contributed by atoms with van der Waals surface area (Å²) in [6, 6.07) is 9.67. The van der Waals surface area contributed by atoms with Gasteiger partial charge in [-0.15, -0.1) is 0 Å². The average molecular weight is 581 g/mol. The number of primary sulfonamides is 1. The lowest BCUT2D eigenvalue weighted by Gasteiger charge is -2.34. The fourth-order valence-corrected chi connectivity index (χ4v) is 7.90. The highest BCUT2D eigenvalue weighted by molar-refractivity contribution is 7.89. The number of methoxy groups -OCH3 is 1. The van der Waals surface area contributed by atoms with E-state index in [0.717, 1.165) is 17.8 Å². The van der Waals surface area contributed by atoms with Crippen LogP contribution in [-0.2, 0) is 36.1 Å². The Bertz CT molecular complexity index is 1660. The van der Waals surface area contributed by atoms with Crippen LogP contribution in [0.1, 0.15) is 30.6 Å². The third kappa shape index (κ3) is 5.89. The number of esters is 1. The van der Waals surface area contributed by atoms with Crippen LogP contribution in [0.5, 0.6) is 0 Å². The summed E-state index contributed by atoms with van der Waals surface area (Å²) in [7, 11) is -6.45. The van der Waals surface area contributed by atoms with Crippen LogP contribution in [0, 0.1) is 11.8 Å². The first-order valence-corrected chi connectivity index (χ1v) is 15.5. The van der Waals surface area contributed by atoms with Crippen LogP contribution in [0.4, 0.5) is 0 Å². The number of ether oxygens (including phenoxy) is 1. The van der Waals surface area contributed by atoms with Gasteiger partial charge in [0.1, 0.15) is 6.54 Å². The van der Waals surface area contributed by atoms with Crippen molar-refractivity contribution in [3.8, 4) is 0 Å². The van der Waals surface area contributed by atoms with E-state index in [1.54, 1.807) is 0 Å². The van der Waals surface area contributed by atoms with E-state index in [9.17, 15) is 26.4 Å². The normalized spacial score (nSPS) is 19.5. The Morgan fingerprint density at radius 2 is 1.63 bits per heavy atom. The number of nitrogens with zero attached hydrogens (tertiary/aromatic N) is 3. The number of carbonyl (C=O) groups is 2. The van der Waals surface area contributed by atoms with E-state index in [-0.39, 0.29) is 38.5 Å². The van der Waals surface area contributed by atoms with Gasteiger partial charge in [-0.3, -0.25) is 9.59 Å². The number of thiazole rings is 1. The van der Waals surface area contributed by atoms with Crippen LogP contribution in [0.2, 0.25) is 0 Å². The minimum Gasteiger partial charge on any atom is -0.468 e. The zero-order valence-corrected chi connectivity index (χ0v) is 23.5. The molecule has 1 saturated heterocycles. The summed E-state index contributed by atoms with van der Waals surface area (Å²) >= 11 is 1.00. The molecule has 14 heteroatoms. The molecule has 2 atom stereocenters. The van der Waals surface area contributed by atoms with Gasteiger partial charge in [-0.25, -0.2) is 22.0 Å². The Morgan fingerprint density at radius 3 is 2.21 bits per heavy atom. The van der Waals surface area contributed by atoms with Crippen molar-refractivity contribution in [1.82, 2.24) is 8.87 Å². The standard InChI is InChI=1S/C24H28N4O7S3/c1-15-10-16(2)13-27(12-15)38(33,34)18-6-4-17(5-7-18)23(30)26-24-28(14-22(29)35-3)20-9-8-19(37(25,31)32)11-21(20)36-24/h4-9,11,15-16H,10,12-14H2,1-3H3,(H2,25,31,32)/t15-,16-/m1/s1. The molecular weight excluding hydrogens is 552 g/mol. The van der Waals surface area contributed by atoms with Crippen molar-refractivity contribution in [2.24, 2.45) is 22.0 Å². The van der Waals surface area contributed by atoms with E-state index in [4.69, 9.17) is 9.88 Å². The number of hydrogen-bond acceptors (Lipinski definition) is 8. The Hall–Kier alpha value is -2.91. The summed E-state index contributed by atoms with van der Waals surface area (Å²) in [5.41, 5.74) is 0.613. The number of sulfonamides is 2. The van der Waals surface area contributed by atoms with Crippen molar-refractivity contribution in [3.63, 3.8) is 0 Å². The van der Waals surface area contributed by atoms with Gasteiger partial charge in [-0.05, 0) is 60.7 Å². The maximum Gasteiger partial charge on any atom is 0.325 e. The number of aromatic nitrogens is 1. The lowest BCUT2D eigenvalue weighted by molar-refractivity contribution is -0.141. The van der Waals surface area contributed by atoms with Gasteiger partial charge in [0.15, 0.2) is 4.80 Å². The van der Waals surface area contributed by atoms with Gasteiger partial charge in [0, 0.05) is 18.7 Å². The molecule has 0 aliphatic carbocycles. The third-order valence-corrected chi connectivity index (χ3v) is 10.1. The Kier molecular flexibility index (Phi) is 7.91. The van der Waals surface area contributed by atoms with Crippen molar-refractivity contribution >= 4 is 53.5 Å². The molecule has 0 spiro atoms. The summed E-state index contributed by atoms with van der Waals surface area (Å²) in [6.07, 6.45) is 0.970. The minimum absolute atomic E-state index is 0.0912. The maximum absolute atomic E-state index is 13.1. The number of amides is 1. The fourth-order valence-electron chi connectivity index (χ4n) is 4.53. The zero-order chi connectivity index (χ0) is 27.8. The molecule has 2 aromatic carbocycles. The highest BCUT2D eigenvalue weighted by atomic mass is 32.2. The number of benzene rings is 2. The van der Waals surface area contributed by atoms with E-state index in [0.29, 0.717) is 23.3 Å². The lowest BCUT2D eigenvalue weighted by Crippen LogP contribution is -2.42. The van der Waals surface area contributed by atoms with Crippen molar-refractivity contribution in [2.45, 2.75) is 36.6 Å². The first-order chi connectivity index (χ1) is 17.8. The minimum atomic E-state index is -3.97. The predicted molar refractivity (Wildman–Crippen MR) is 141 cm³/mol. The molecule has 11 nitrogen and oxygen atoms in total. The van der Waals surface area contributed by atoms with Gasteiger partial charge >= 0.3 is 5.97 Å². The van der Waals surface area contributed by atoms with Crippen LogP contribution in [-0.4, -0.2) is 57.8 Å². The number of hydrogen-bond donors (Lipinski definition) is 1. The first-order valence-electron chi connectivity index (χ1n) is 11.7. The molecule has 38 heavy (non-hydrogen) atoms. The summed E-state index contributed by atoms with van der Waals surface area (Å²) in [4.78, 5) is 29.3. The molecule has 0 bridgehead atoms. The second kappa shape index (κ2) is 10.7. The van der Waals surface area contributed by atoms with Gasteiger partial charge in [-0.2, -0.15) is 9.30 Å². The largest absolute Gasteiger partial charge is 0.468 e. The second-order valence-corrected chi connectivity index (χ2v) is 13.9. The first kappa shape index (κ1) is 28.1. The summed E-state index contributed by atoms with van der Waals surface area (Å²) in [5.74, 6) is -0.740.